The molecule has 2 aromatic rings. The maximum absolute atomic E-state index is 12.8. The Labute approximate surface area is 155 Å². The number of methoxy groups -OCH3 is 2. The summed E-state index contributed by atoms with van der Waals surface area (Å²) in [5, 5.41) is 0. The smallest absolute Gasteiger partial charge is 0.254 e. The molecule has 0 spiro atoms. The lowest BCUT2D eigenvalue weighted by Crippen LogP contribution is -2.48. The fourth-order valence-corrected chi connectivity index (χ4v) is 3.29. The van der Waals surface area contributed by atoms with Crippen molar-refractivity contribution in [1.82, 2.24) is 9.80 Å². The van der Waals surface area contributed by atoms with E-state index in [2.05, 4.69) is 36.1 Å². The molecule has 138 valence electrons. The van der Waals surface area contributed by atoms with Gasteiger partial charge in [0.15, 0.2) is 0 Å². The van der Waals surface area contributed by atoms with Crippen molar-refractivity contribution in [2.75, 3.05) is 40.4 Å². The minimum absolute atomic E-state index is 0.0254. The first-order valence-electron chi connectivity index (χ1n) is 8.89. The summed E-state index contributed by atoms with van der Waals surface area (Å²) in [6.45, 7) is 6.25. The van der Waals surface area contributed by atoms with E-state index in [0.717, 1.165) is 32.7 Å². The van der Waals surface area contributed by atoms with Gasteiger partial charge in [-0.25, -0.2) is 0 Å². The molecule has 0 radical (unpaired) electrons. The van der Waals surface area contributed by atoms with E-state index in [1.54, 1.807) is 32.4 Å². The lowest BCUT2D eigenvalue weighted by molar-refractivity contribution is 0.0628. The van der Waals surface area contributed by atoms with Gasteiger partial charge in [0.1, 0.15) is 11.5 Å². The number of aryl methyl sites for hydroxylation is 1. The van der Waals surface area contributed by atoms with Crippen LogP contribution in [0.3, 0.4) is 0 Å². The first kappa shape index (κ1) is 18.3. The summed E-state index contributed by atoms with van der Waals surface area (Å²) in [5.74, 6) is 1.29. The highest BCUT2D eigenvalue weighted by Gasteiger charge is 2.23. The van der Waals surface area contributed by atoms with E-state index in [1.807, 2.05) is 4.90 Å². The van der Waals surface area contributed by atoms with Gasteiger partial charge in [-0.3, -0.25) is 9.69 Å². The number of rotatable bonds is 5. The first-order valence-corrected chi connectivity index (χ1v) is 8.89. The Morgan fingerprint density at radius 1 is 0.962 bits per heavy atom. The Morgan fingerprint density at radius 2 is 1.62 bits per heavy atom. The SMILES string of the molecule is COc1cc(OC)cc(C(=O)N2CCN(Cc3cccc(C)c3)CC2)c1. The Bertz CT molecular complexity index is 745. The van der Waals surface area contributed by atoms with Crippen molar-refractivity contribution in [3.05, 3.63) is 59.2 Å². The Morgan fingerprint density at radius 3 is 2.19 bits per heavy atom. The third kappa shape index (κ3) is 4.35. The van der Waals surface area contributed by atoms with Gasteiger partial charge >= 0.3 is 0 Å². The molecule has 1 saturated heterocycles. The molecule has 3 rings (SSSR count). The fraction of sp³-hybridized carbons (Fsp3) is 0.381. The summed E-state index contributed by atoms with van der Waals surface area (Å²) in [6, 6.07) is 13.9. The molecule has 1 aliphatic rings. The molecule has 1 amide bonds. The predicted molar refractivity (Wildman–Crippen MR) is 102 cm³/mol. The minimum atomic E-state index is 0.0254. The van der Waals surface area contributed by atoms with Crippen LogP contribution >= 0.6 is 0 Å². The van der Waals surface area contributed by atoms with E-state index in [4.69, 9.17) is 9.47 Å². The second-order valence-corrected chi connectivity index (χ2v) is 6.66. The van der Waals surface area contributed by atoms with Crippen LogP contribution in [0, 0.1) is 6.92 Å². The van der Waals surface area contributed by atoms with Crippen molar-refractivity contribution in [2.45, 2.75) is 13.5 Å². The molecule has 0 atom stereocenters. The van der Waals surface area contributed by atoms with Crippen molar-refractivity contribution in [1.29, 1.82) is 0 Å². The zero-order valence-electron chi connectivity index (χ0n) is 15.7. The van der Waals surface area contributed by atoms with Gasteiger partial charge in [0.25, 0.3) is 5.91 Å². The standard InChI is InChI=1S/C21H26N2O3/c1-16-5-4-6-17(11-16)15-22-7-9-23(10-8-22)21(24)18-12-19(25-2)14-20(13-18)26-3/h4-6,11-14H,7-10,15H2,1-3H3. The molecule has 5 heteroatoms. The molecule has 1 heterocycles. The van der Waals surface area contributed by atoms with Gasteiger partial charge in [-0.1, -0.05) is 29.8 Å². The van der Waals surface area contributed by atoms with Gasteiger partial charge < -0.3 is 14.4 Å². The average molecular weight is 354 g/mol. The third-order valence-corrected chi connectivity index (χ3v) is 4.75. The van der Waals surface area contributed by atoms with Crippen molar-refractivity contribution >= 4 is 5.91 Å². The molecule has 5 nitrogen and oxygen atoms in total. The summed E-state index contributed by atoms with van der Waals surface area (Å²) in [5.41, 5.74) is 3.21. The second-order valence-electron chi connectivity index (χ2n) is 6.66. The number of ether oxygens (including phenoxy) is 2. The number of piperazine rings is 1. The van der Waals surface area contributed by atoms with Gasteiger partial charge in [-0.05, 0) is 24.6 Å². The summed E-state index contributed by atoms with van der Waals surface area (Å²) in [6.07, 6.45) is 0. The molecule has 1 fully saturated rings. The molecule has 0 N–H and O–H groups in total. The topological polar surface area (TPSA) is 42.0 Å². The summed E-state index contributed by atoms with van der Waals surface area (Å²) < 4.78 is 10.5. The van der Waals surface area contributed by atoms with Crippen LogP contribution < -0.4 is 9.47 Å². The fourth-order valence-electron chi connectivity index (χ4n) is 3.29. The Balaban J connectivity index is 1.61. The van der Waals surface area contributed by atoms with E-state index in [-0.39, 0.29) is 5.91 Å². The van der Waals surface area contributed by atoms with Crippen molar-refractivity contribution in [2.24, 2.45) is 0 Å². The number of carbonyl (C=O) groups excluding carboxylic acids is 1. The van der Waals surface area contributed by atoms with Gasteiger partial charge in [0, 0.05) is 44.4 Å². The minimum Gasteiger partial charge on any atom is -0.497 e. The van der Waals surface area contributed by atoms with Crippen LogP contribution in [0.5, 0.6) is 11.5 Å². The lowest BCUT2D eigenvalue weighted by Gasteiger charge is -2.35. The second kappa shape index (κ2) is 8.23. The van der Waals surface area contributed by atoms with Gasteiger partial charge in [-0.15, -0.1) is 0 Å². The van der Waals surface area contributed by atoms with Crippen molar-refractivity contribution in [3.63, 3.8) is 0 Å². The molecule has 0 aliphatic carbocycles. The van der Waals surface area contributed by atoms with E-state index in [1.165, 1.54) is 11.1 Å². The molecular formula is C21H26N2O3. The number of hydrogen-bond acceptors (Lipinski definition) is 4. The molecule has 2 aromatic carbocycles. The molecule has 26 heavy (non-hydrogen) atoms. The molecule has 0 bridgehead atoms. The van der Waals surface area contributed by atoms with E-state index < -0.39 is 0 Å². The van der Waals surface area contributed by atoms with Crippen LogP contribution in [0.4, 0.5) is 0 Å². The monoisotopic (exact) mass is 354 g/mol. The number of benzene rings is 2. The van der Waals surface area contributed by atoms with Crippen LogP contribution in [-0.2, 0) is 6.54 Å². The zero-order chi connectivity index (χ0) is 18.5. The van der Waals surface area contributed by atoms with Crippen LogP contribution in [-0.4, -0.2) is 56.1 Å². The highest BCUT2D eigenvalue weighted by Crippen LogP contribution is 2.24. The van der Waals surface area contributed by atoms with Crippen LogP contribution in [0.15, 0.2) is 42.5 Å². The summed E-state index contributed by atoms with van der Waals surface area (Å²) >= 11 is 0. The van der Waals surface area contributed by atoms with Gasteiger partial charge in [0.05, 0.1) is 14.2 Å². The maximum Gasteiger partial charge on any atom is 0.254 e. The van der Waals surface area contributed by atoms with Gasteiger partial charge in [0.2, 0.25) is 0 Å². The molecule has 0 unspecified atom stereocenters. The zero-order valence-corrected chi connectivity index (χ0v) is 15.7. The molecule has 0 aromatic heterocycles. The third-order valence-electron chi connectivity index (χ3n) is 4.75. The maximum atomic E-state index is 12.8. The highest BCUT2D eigenvalue weighted by molar-refractivity contribution is 5.95. The summed E-state index contributed by atoms with van der Waals surface area (Å²) in [7, 11) is 3.18. The number of amides is 1. The van der Waals surface area contributed by atoms with Crippen molar-refractivity contribution < 1.29 is 14.3 Å². The van der Waals surface area contributed by atoms with Crippen LogP contribution in [0.2, 0.25) is 0 Å². The molecule has 0 saturated carbocycles. The van der Waals surface area contributed by atoms with Crippen molar-refractivity contribution in [3.8, 4) is 11.5 Å². The quantitative estimate of drug-likeness (QED) is 0.828. The summed E-state index contributed by atoms with van der Waals surface area (Å²) in [4.78, 5) is 17.1. The Hall–Kier alpha value is -2.53. The highest BCUT2D eigenvalue weighted by atomic mass is 16.5. The average Bonchev–Trinajstić information content (AvgIpc) is 2.67. The van der Waals surface area contributed by atoms with Crippen LogP contribution in [0.25, 0.3) is 0 Å². The van der Waals surface area contributed by atoms with Crippen LogP contribution in [0.1, 0.15) is 21.5 Å². The Kier molecular flexibility index (Phi) is 5.78. The van der Waals surface area contributed by atoms with E-state index in [9.17, 15) is 4.79 Å². The van der Waals surface area contributed by atoms with E-state index >= 15 is 0 Å². The predicted octanol–water partition coefficient (Wildman–Crippen LogP) is 2.97. The number of carbonyl (C=O) groups is 1. The van der Waals surface area contributed by atoms with E-state index in [0.29, 0.717) is 17.1 Å². The molecular weight excluding hydrogens is 328 g/mol. The largest absolute Gasteiger partial charge is 0.497 e. The number of hydrogen-bond donors (Lipinski definition) is 0. The molecule has 1 aliphatic heterocycles. The lowest BCUT2D eigenvalue weighted by atomic mass is 10.1. The first-order chi connectivity index (χ1) is 12.6. The normalized spacial score (nSPS) is 15.0. The number of nitrogens with zero attached hydrogens (tertiary/aromatic N) is 2. The van der Waals surface area contributed by atoms with Gasteiger partial charge in [-0.2, -0.15) is 0 Å².